The van der Waals surface area contributed by atoms with E-state index in [1.165, 1.54) is 13.8 Å². The SMILES string of the molecule is C=NCCO[S+](CCCNC/C=C(\F)C(F)(F)C(F)(F)C(F)(F)C(F)(F)C(F)(F)C(F)(F)C(F)(F)F)OC(C(=C)C)C(O)C(=C)C. The maximum Gasteiger partial charge on any atom is 0.460 e. The molecule has 0 aromatic carbocycles. The number of nitrogens with one attached hydrogen (secondary N) is 1. The van der Waals surface area contributed by atoms with Crippen LogP contribution in [0.1, 0.15) is 20.3 Å². The largest absolute Gasteiger partial charge is 0.460 e. The van der Waals surface area contributed by atoms with Crippen molar-refractivity contribution in [2.24, 2.45) is 4.99 Å². The summed E-state index contributed by atoms with van der Waals surface area (Å²) in [6.45, 7) is 12.0. The quantitative estimate of drug-likeness (QED) is 0.0430. The van der Waals surface area contributed by atoms with Crippen LogP contribution >= 0.6 is 0 Å². The molecule has 5 nitrogen and oxygen atoms in total. The molecular weight excluding hydrogens is 700 g/mol. The predicted octanol–water partition coefficient (Wildman–Crippen LogP) is 7.26. The summed E-state index contributed by atoms with van der Waals surface area (Å²) >= 11 is -1.43. The maximum absolute atomic E-state index is 13.9. The van der Waals surface area contributed by atoms with Gasteiger partial charge in [-0.2, -0.15) is 65.9 Å². The van der Waals surface area contributed by atoms with Crippen molar-refractivity contribution < 1.29 is 83.7 Å². The fourth-order valence-corrected chi connectivity index (χ4v) is 4.34. The fraction of sp³-hybridized carbons (Fsp3) is 0.708. The number of alkyl halides is 15. The minimum absolute atomic E-state index is 0.0349. The van der Waals surface area contributed by atoms with Gasteiger partial charge in [-0.1, -0.05) is 13.2 Å². The molecule has 270 valence electrons. The molecule has 0 spiro atoms. The summed E-state index contributed by atoms with van der Waals surface area (Å²) in [5.41, 5.74) is 0.632. The van der Waals surface area contributed by atoms with Crippen molar-refractivity contribution in [1.82, 2.24) is 5.32 Å². The molecule has 0 radical (unpaired) electrons. The third kappa shape index (κ3) is 9.10. The molecule has 0 rings (SSSR count). The molecule has 46 heavy (non-hydrogen) atoms. The maximum atomic E-state index is 13.9. The highest BCUT2D eigenvalue weighted by atomic mass is 32.2. The van der Waals surface area contributed by atoms with Crippen LogP contribution in [0.15, 0.2) is 41.2 Å². The number of nitrogens with zero attached hydrogens (tertiary/aromatic N) is 1. The lowest BCUT2D eigenvalue weighted by Crippen LogP contribution is -2.72. The second-order valence-electron chi connectivity index (χ2n) is 9.49. The Labute approximate surface area is 255 Å². The molecular formula is C24H29F16N2O3S+. The topological polar surface area (TPSA) is 63.1 Å². The Bertz CT molecular complexity index is 1080. The van der Waals surface area contributed by atoms with E-state index in [0.717, 1.165) is 0 Å². The van der Waals surface area contributed by atoms with Crippen molar-refractivity contribution in [3.8, 4) is 0 Å². The number of hydrogen-bond donors (Lipinski definition) is 2. The van der Waals surface area contributed by atoms with Gasteiger partial charge in [0.2, 0.25) is 0 Å². The molecule has 0 aliphatic carbocycles. The van der Waals surface area contributed by atoms with E-state index in [-0.39, 0.29) is 37.4 Å². The first-order valence-corrected chi connectivity index (χ1v) is 13.6. The number of rotatable bonds is 21. The van der Waals surface area contributed by atoms with E-state index in [2.05, 4.69) is 30.2 Å². The van der Waals surface area contributed by atoms with Gasteiger partial charge in [-0.05, 0) is 37.8 Å². The summed E-state index contributed by atoms with van der Waals surface area (Å²) in [7, 11) is 0. The van der Waals surface area contributed by atoms with Gasteiger partial charge < -0.3 is 10.4 Å². The average molecular weight is 730 g/mol. The van der Waals surface area contributed by atoms with Gasteiger partial charge in [0.25, 0.3) is 0 Å². The van der Waals surface area contributed by atoms with Crippen LogP contribution in [0.5, 0.6) is 0 Å². The zero-order valence-electron chi connectivity index (χ0n) is 23.8. The first-order valence-electron chi connectivity index (χ1n) is 12.3. The Morgan fingerprint density at radius 2 is 1.30 bits per heavy atom. The van der Waals surface area contributed by atoms with E-state index in [9.17, 15) is 75.4 Å². The average Bonchev–Trinajstić information content (AvgIpc) is 2.91. The van der Waals surface area contributed by atoms with Crippen molar-refractivity contribution in [2.75, 3.05) is 32.0 Å². The Balaban J connectivity index is 5.72. The van der Waals surface area contributed by atoms with E-state index in [4.69, 9.17) is 8.37 Å². The molecule has 0 heterocycles. The summed E-state index contributed by atoms with van der Waals surface area (Å²) in [5.74, 6) is -52.2. The molecule has 0 saturated heterocycles. The third-order valence-corrected chi connectivity index (χ3v) is 7.14. The molecule has 2 N–H and O–H groups in total. The lowest BCUT2D eigenvalue weighted by molar-refractivity contribution is -0.450. The van der Waals surface area contributed by atoms with Gasteiger partial charge in [0.1, 0.15) is 12.7 Å². The van der Waals surface area contributed by atoms with Gasteiger partial charge >= 0.3 is 53.2 Å². The number of aliphatic imine (C=N–C) groups is 1. The molecule has 22 heteroatoms. The first-order chi connectivity index (χ1) is 20.5. The van der Waals surface area contributed by atoms with Crippen LogP contribution in [-0.4, -0.2) is 97.7 Å². The lowest BCUT2D eigenvalue weighted by Gasteiger charge is -2.41. The third-order valence-electron chi connectivity index (χ3n) is 5.67. The van der Waals surface area contributed by atoms with Crippen LogP contribution in [0.3, 0.4) is 0 Å². The lowest BCUT2D eigenvalue weighted by atomic mass is 9.90. The second kappa shape index (κ2) is 15.9. The summed E-state index contributed by atoms with van der Waals surface area (Å²) in [6, 6.07) is 0. The summed E-state index contributed by atoms with van der Waals surface area (Å²) in [6.07, 6.45) is -10.6. The highest BCUT2D eigenvalue weighted by Gasteiger charge is 2.93. The zero-order valence-corrected chi connectivity index (χ0v) is 24.6. The van der Waals surface area contributed by atoms with E-state index in [1.807, 2.05) is 0 Å². The molecule has 0 aliphatic rings. The van der Waals surface area contributed by atoms with Crippen molar-refractivity contribution in [3.63, 3.8) is 0 Å². The second-order valence-corrected chi connectivity index (χ2v) is 10.9. The number of allylic oxidation sites excluding steroid dienone is 1. The molecule has 3 unspecified atom stereocenters. The van der Waals surface area contributed by atoms with Crippen molar-refractivity contribution in [2.45, 2.75) is 74.2 Å². The van der Waals surface area contributed by atoms with E-state index in [0.29, 0.717) is 5.57 Å². The van der Waals surface area contributed by atoms with Crippen LogP contribution in [0.4, 0.5) is 70.2 Å². The molecule has 0 bridgehead atoms. The number of hydrogen-bond acceptors (Lipinski definition) is 5. The minimum atomic E-state index is -8.50. The first kappa shape index (κ1) is 44.0. The predicted molar refractivity (Wildman–Crippen MR) is 136 cm³/mol. The van der Waals surface area contributed by atoms with Gasteiger partial charge in [-0.25, -0.2) is 4.39 Å². The van der Waals surface area contributed by atoms with Crippen LogP contribution in [0.2, 0.25) is 0 Å². The van der Waals surface area contributed by atoms with Gasteiger partial charge in [-0.3, -0.25) is 4.99 Å². The Morgan fingerprint density at radius 3 is 1.74 bits per heavy atom. The van der Waals surface area contributed by atoms with Crippen molar-refractivity contribution >= 4 is 18.2 Å². The Morgan fingerprint density at radius 1 is 0.826 bits per heavy atom. The summed E-state index contributed by atoms with van der Waals surface area (Å²) in [5, 5.41) is 12.4. The monoisotopic (exact) mass is 729 g/mol. The zero-order chi connectivity index (χ0) is 36.7. The standard InChI is InChI=1S/C24H29F16N2O3S/c1-13(2)16(43)17(14(3)4)45-46(44-11-10-41-5)12-6-8-42-9-7-15(25)18(26,27)19(28,29)20(30,31)21(32,33)22(34,35)23(36,37)24(38,39)40/h7,16-17,42-43H,1,3,5-6,8-12H2,2,4H3/q+1/b15-7-. The minimum Gasteiger partial charge on any atom is -0.385 e. The van der Waals surface area contributed by atoms with Crippen LogP contribution in [0, 0.1) is 0 Å². The van der Waals surface area contributed by atoms with Crippen LogP contribution < -0.4 is 5.32 Å². The Kier molecular flexibility index (Phi) is 15.2. The molecule has 0 aromatic heterocycles. The Hall–Kier alpha value is -2.04. The number of aliphatic hydroxyl groups excluding tert-OH is 1. The molecule has 0 amide bonds. The smallest absolute Gasteiger partial charge is 0.385 e. The van der Waals surface area contributed by atoms with E-state index in [1.54, 1.807) is 0 Å². The van der Waals surface area contributed by atoms with Crippen LogP contribution in [0.25, 0.3) is 0 Å². The molecule has 0 aliphatic heterocycles. The van der Waals surface area contributed by atoms with Gasteiger partial charge in [0.05, 0.1) is 6.54 Å². The summed E-state index contributed by atoms with van der Waals surface area (Å²) < 4.78 is 224. The van der Waals surface area contributed by atoms with Gasteiger partial charge in [0.15, 0.2) is 17.7 Å². The molecule has 0 aromatic rings. The highest BCUT2D eigenvalue weighted by molar-refractivity contribution is 7.87. The van der Waals surface area contributed by atoms with Crippen molar-refractivity contribution in [3.05, 3.63) is 36.2 Å². The normalized spacial score (nSPS) is 16.6. The van der Waals surface area contributed by atoms with E-state index >= 15 is 0 Å². The van der Waals surface area contributed by atoms with Gasteiger partial charge in [0, 0.05) is 19.5 Å². The molecule has 0 saturated carbocycles. The molecule has 3 atom stereocenters. The van der Waals surface area contributed by atoms with E-state index < -0.39 is 83.8 Å². The van der Waals surface area contributed by atoms with Crippen LogP contribution in [-0.2, 0) is 19.8 Å². The van der Waals surface area contributed by atoms with Crippen molar-refractivity contribution in [1.29, 1.82) is 0 Å². The summed E-state index contributed by atoms with van der Waals surface area (Å²) in [4.78, 5) is 3.54. The number of halogens is 16. The fourth-order valence-electron chi connectivity index (χ4n) is 2.93. The highest BCUT2D eigenvalue weighted by Crippen LogP contribution is 2.63. The number of aliphatic hydroxyl groups is 1. The van der Waals surface area contributed by atoms with Gasteiger partial charge in [-0.15, -0.1) is 8.37 Å². The molecule has 0 fully saturated rings.